The van der Waals surface area contributed by atoms with Crippen LogP contribution in [0.2, 0.25) is 0 Å². The Bertz CT molecular complexity index is 658. The molecule has 0 aliphatic carbocycles. The van der Waals surface area contributed by atoms with Gasteiger partial charge in [-0.1, -0.05) is 30.3 Å². The number of amides is 1. The average molecular weight is 326 g/mol. The van der Waals surface area contributed by atoms with Crippen LogP contribution in [0.5, 0.6) is 11.5 Å². The first kappa shape index (κ1) is 16.3. The average Bonchev–Trinajstić information content (AvgIpc) is 3.06. The predicted octanol–water partition coefficient (Wildman–Crippen LogP) is 2.20. The van der Waals surface area contributed by atoms with Crippen LogP contribution in [0.4, 0.5) is 0 Å². The summed E-state index contributed by atoms with van der Waals surface area (Å²) in [6, 6.07) is 17.4. The largest absolute Gasteiger partial charge is 0.489 e. The first-order chi connectivity index (χ1) is 11.7. The normalized spacial score (nSPS) is 16.9. The highest BCUT2D eigenvalue weighted by Gasteiger charge is 2.23. The number of rotatable bonds is 6. The van der Waals surface area contributed by atoms with E-state index in [1.165, 1.54) is 0 Å². The maximum Gasteiger partial charge on any atom is 0.260 e. The van der Waals surface area contributed by atoms with Crippen molar-refractivity contribution in [3.8, 4) is 11.5 Å². The molecule has 1 aliphatic rings. The van der Waals surface area contributed by atoms with Gasteiger partial charge in [-0.2, -0.15) is 0 Å². The molecule has 1 fully saturated rings. The van der Waals surface area contributed by atoms with Crippen LogP contribution in [-0.4, -0.2) is 36.5 Å². The number of hydrogen-bond donors (Lipinski definition) is 1. The first-order valence-electron chi connectivity index (χ1n) is 8.13. The molecule has 0 aromatic heterocycles. The van der Waals surface area contributed by atoms with Crippen molar-refractivity contribution < 1.29 is 14.3 Å². The molecule has 126 valence electrons. The van der Waals surface area contributed by atoms with E-state index in [-0.39, 0.29) is 18.6 Å². The van der Waals surface area contributed by atoms with Crippen LogP contribution < -0.4 is 15.2 Å². The van der Waals surface area contributed by atoms with Crippen molar-refractivity contribution in [3.05, 3.63) is 60.2 Å². The SMILES string of the molecule is N[C@@H]1CCN(C(=O)COc2ccc(OCc3ccccc3)cc2)C1. The van der Waals surface area contributed by atoms with Crippen LogP contribution >= 0.6 is 0 Å². The number of nitrogens with zero attached hydrogens (tertiary/aromatic N) is 1. The van der Waals surface area contributed by atoms with E-state index in [0.29, 0.717) is 18.9 Å². The molecule has 2 aromatic carbocycles. The number of carbonyl (C=O) groups is 1. The van der Waals surface area contributed by atoms with Crippen LogP contribution in [0.1, 0.15) is 12.0 Å². The third kappa shape index (κ3) is 4.49. The highest BCUT2D eigenvalue weighted by atomic mass is 16.5. The molecular weight excluding hydrogens is 304 g/mol. The lowest BCUT2D eigenvalue weighted by Gasteiger charge is -2.16. The van der Waals surface area contributed by atoms with Gasteiger partial charge in [-0.25, -0.2) is 0 Å². The molecule has 0 radical (unpaired) electrons. The molecule has 1 atom stereocenters. The minimum absolute atomic E-state index is 0.0210. The van der Waals surface area contributed by atoms with Crippen LogP contribution in [0, 0.1) is 0 Å². The lowest BCUT2D eigenvalue weighted by molar-refractivity contribution is -0.132. The van der Waals surface area contributed by atoms with Crippen LogP contribution in [0.25, 0.3) is 0 Å². The number of nitrogens with two attached hydrogens (primary N) is 1. The van der Waals surface area contributed by atoms with E-state index in [1.807, 2.05) is 54.6 Å². The molecule has 0 bridgehead atoms. The maximum atomic E-state index is 12.0. The zero-order valence-corrected chi connectivity index (χ0v) is 13.6. The van der Waals surface area contributed by atoms with Crippen molar-refractivity contribution in [2.24, 2.45) is 5.73 Å². The number of hydrogen-bond acceptors (Lipinski definition) is 4. The summed E-state index contributed by atoms with van der Waals surface area (Å²) in [5, 5.41) is 0. The Morgan fingerprint density at radius 3 is 2.33 bits per heavy atom. The Kier molecular flexibility index (Phi) is 5.33. The number of benzene rings is 2. The third-order valence-corrected chi connectivity index (χ3v) is 4.01. The second kappa shape index (κ2) is 7.84. The number of likely N-dealkylation sites (tertiary alicyclic amines) is 1. The molecule has 2 N–H and O–H groups in total. The number of carbonyl (C=O) groups excluding carboxylic acids is 1. The van der Waals surface area contributed by atoms with Gasteiger partial charge in [-0.15, -0.1) is 0 Å². The van der Waals surface area contributed by atoms with Gasteiger partial charge in [0.1, 0.15) is 18.1 Å². The predicted molar refractivity (Wildman–Crippen MR) is 91.9 cm³/mol. The molecule has 5 heteroatoms. The van der Waals surface area contributed by atoms with Crippen molar-refractivity contribution in [2.45, 2.75) is 19.1 Å². The molecule has 2 aromatic rings. The van der Waals surface area contributed by atoms with E-state index in [1.54, 1.807) is 4.90 Å². The Morgan fingerprint density at radius 2 is 1.71 bits per heavy atom. The van der Waals surface area contributed by atoms with Crippen molar-refractivity contribution in [3.63, 3.8) is 0 Å². The van der Waals surface area contributed by atoms with Crippen LogP contribution in [-0.2, 0) is 11.4 Å². The fraction of sp³-hybridized carbons (Fsp3) is 0.316. The van der Waals surface area contributed by atoms with Gasteiger partial charge in [-0.3, -0.25) is 4.79 Å². The number of ether oxygens (including phenoxy) is 2. The van der Waals surface area contributed by atoms with Crippen LogP contribution in [0.15, 0.2) is 54.6 Å². The zero-order chi connectivity index (χ0) is 16.8. The summed E-state index contributed by atoms with van der Waals surface area (Å²) in [6.07, 6.45) is 0.860. The fourth-order valence-corrected chi connectivity index (χ4v) is 2.62. The molecule has 1 heterocycles. The van der Waals surface area contributed by atoms with Crippen molar-refractivity contribution >= 4 is 5.91 Å². The monoisotopic (exact) mass is 326 g/mol. The van der Waals surface area contributed by atoms with Crippen molar-refractivity contribution in [1.82, 2.24) is 4.90 Å². The molecular formula is C19H22N2O3. The Balaban J connectivity index is 1.45. The summed E-state index contributed by atoms with van der Waals surface area (Å²) in [5.41, 5.74) is 6.93. The summed E-state index contributed by atoms with van der Waals surface area (Å²) in [7, 11) is 0. The summed E-state index contributed by atoms with van der Waals surface area (Å²) >= 11 is 0. The van der Waals surface area contributed by atoms with E-state index < -0.39 is 0 Å². The molecule has 5 nitrogen and oxygen atoms in total. The second-order valence-corrected chi connectivity index (χ2v) is 5.92. The Labute approximate surface area is 142 Å². The molecule has 0 spiro atoms. The van der Waals surface area contributed by atoms with Crippen LogP contribution in [0.3, 0.4) is 0 Å². The van der Waals surface area contributed by atoms with Gasteiger partial charge >= 0.3 is 0 Å². The van der Waals surface area contributed by atoms with Gasteiger partial charge in [0, 0.05) is 19.1 Å². The summed E-state index contributed by atoms with van der Waals surface area (Å²) in [5.74, 6) is 1.40. The van der Waals surface area contributed by atoms with E-state index in [2.05, 4.69) is 0 Å². The lowest BCUT2D eigenvalue weighted by atomic mass is 10.2. The van der Waals surface area contributed by atoms with Gasteiger partial charge in [0.25, 0.3) is 5.91 Å². The van der Waals surface area contributed by atoms with Gasteiger partial charge < -0.3 is 20.1 Å². The quantitative estimate of drug-likeness (QED) is 0.884. The molecule has 0 unspecified atom stereocenters. The fourth-order valence-electron chi connectivity index (χ4n) is 2.62. The molecule has 3 rings (SSSR count). The summed E-state index contributed by atoms with van der Waals surface area (Å²) < 4.78 is 11.3. The Hall–Kier alpha value is -2.53. The minimum Gasteiger partial charge on any atom is -0.489 e. The lowest BCUT2D eigenvalue weighted by Crippen LogP contribution is -2.35. The van der Waals surface area contributed by atoms with Gasteiger partial charge in [-0.05, 0) is 36.2 Å². The molecule has 1 saturated heterocycles. The van der Waals surface area contributed by atoms with E-state index >= 15 is 0 Å². The van der Waals surface area contributed by atoms with Crippen molar-refractivity contribution in [2.75, 3.05) is 19.7 Å². The maximum absolute atomic E-state index is 12.0. The standard InChI is InChI=1S/C19H22N2O3/c20-16-10-11-21(12-16)19(22)14-24-18-8-6-17(7-9-18)23-13-15-4-2-1-3-5-15/h1-9,16H,10-14,20H2/t16-/m1/s1. The molecule has 0 saturated carbocycles. The van der Waals surface area contributed by atoms with E-state index in [9.17, 15) is 4.79 Å². The van der Waals surface area contributed by atoms with Crippen molar-refractivity contribution in [1.29, 1.82) is 0 Å². The van der Waals surface area contributed by atoms with Gasteiger partial charge in [0.2, 0.25) is 0 Å². The van der Waals surface area contributed by atoms with E-state index in [4.69, 9.17) is 15.2 Å². The van der Waals surface area contributed by atoms with Gasteiger partial charge in [0.15, 0.2) is 6.61 Å². The smallest absolute Gasteiger partial charge is 0.260 e. The topological polar surface area (TPSA) is 64.8 Å². The summed E-state index contributed by atoms with van der Waals surface area (Å²) in [6.45, 7) is 1.90. The molecule has 24 heavy (non-hydrogen) atoms. The highest BCUT2D eigenvalue weighted by Crippen LogP contribution is 2.19. The molecule has 1 aliphatic heterocycles. The zero-order valence-electron chi connectivity index (χ0n) is 13.6. The minimum atomic E-state index is -0.0210. The molecule has 1 amide bonds. The first-order valence-corrected chi connectivity index (χ1v) is 8.13. The summed E-state index contributed by atoms with van der Waals surface area (Å²) in [4.78, 5) is 13.8. The Morgan fingerprint density at radius 1 is 1.04 bits per heavy atom. The highest BCUT2D eigenvalue weighted by molar-refractivity contribution is 5.78. The van der Waals surface area contributed by atoms with Gasteiger partial charge in [0.05, 0.1) is 0 Å². The third-order valence-electron chi connectivity index (χ3n) is 4.01. The van der Waals surface area contributed by atoms with E-state index in [0.717, 1.165) is 24.3 Å². The second-order valence-electron chi connectivity index (χ2n) is 5.92.